The largest absolute Gasteiger partial charge is 1.00 e. The molecule has 0 radical (unpaired) electrons. The molecule has 3 nitrogen and oxygen atoms in total. The Bertz CT molecular complexity index is 37.9. The van der Waals surface area contributed by atoms with Crippen LogP contribution in [0, 0.1) is 0 Å². The van der Waals surface area contributed by atoms with Gasteiger partial charge in [0.25, 0.3) is 0 Å². The molecule has 6 heavy (non-hydrogen) atoms. The van der Waals surface area contributed by atoms with Gasteiger partial charge < -0.3 is 11.6 Å². The van der Waals surface area contributed by atoms with Crippen molar-refractivity contribution in [2.24, 2.45) is 0 Å². The molecule has 0 aromatic rings. The molecule has 5 heteroatoms. The van der Waals surface area contributed by atoms with Crippen LogP contribution in [0.15, 0.2) is 0 Å². The van der Waals surface area contributed by atoms with Crippen molar-refractivity contribution in [3.8, 4) is 0 Å². The van der Waals surface area contributed by atoms with Gasteiger partial charge in [0.05, 0.1) is 0 Å². The topological polar surface area (TPSA) is 57.5 Å². The summed E-state index contributed by atoms with van der Waals surface area (Å²) >= 11 is 0. The van der Waals surface area contributed by atoms with Crippen molar-refractivity contribution >= 4 is 24.1 Å². The Labute approximate surface area is 69.8 Å². The van der Waals surface area contributed by atoms with Gasteiger partial charge in [-0.1, -0.05) is 0 Å². The minimum atomic E-state index is -1.83. The third-order valence-corrected chi connectivity index (χ3v) is 0. The number of hydrogen-bond acceptors (Lipinski definition) is 1. The van der Waals surface area contributed by atoms with Crippen LogP contribution in [0.25, 0.3) is 0 Å². The van der Waals surface area contributed by atoms with Gasteiger partial charge in [0, 0.05) is 0 Å². The van der Waals surface area contributed by atoms with Gasteiger partial charge in [0.2, 0.25) is 0 Å². The molecule has 34 valence electrons. The van der Waals surface area contributed by atoms with Crippen LogP contribution < -0.4 is 29.6 Å². The fraction of sp³-hybridized carbons (Fsp3) is 0. The summed E-state index contributed by atoms with van der Waals surface area (Å²) in [6.07, 6.45) is -1.83. The molecule has 0 aliphatic carbocycles. The van der Waals surface area contributed by atoms with Crippen molar-refractivity contribution in [2.75, 3.05) is 0 Å². The van der Waals surface area contributed by atoms with Crippen molar-refractivity contribution in [1.29, 1.82) is 0 Å². The smallest absolute Gasteiger partial charge is 1.00 e. The molecule has 0 heterocycles. The van der Waals surface area contributed by atoms with Gasteiger partial charge in [0.15, 0.2) is 0 Å². The van der Waals surface area contributed by atoms with Crippen LogP contribution in [0.2, 0.25) is 0 Å². The molecule has 0 aliphatic heterocycles. The van der Waals surface area contributed by atoms with Crippen molar-refractivity contribution in [3.05, 3.63) is 0 Å². The SMILES string of the molecule is O=C(O)O.[AsH3].[H-].[Na+]. The normalized spacial score (nSPS) is 4.00. The van der Waals surface area contributed by atoms with E-state index in [1.807, 2.05) is 0 Å². The average molecular weight is 164 g/mol. The molecule has 0 saturated heterocycles. The molecule has 0 rings (SSSR count). The monoisotopic (exact) mass is 164 g/mol. The van der Waals surface area contributed by atoms with E-state index in [9.17, 15) is 0 Å². The summed E-state index contributed by atoms with van der Waals surface area (Å²) in [4.78, 5) is 8.56. The maximum atomic E-state index is 8.56. The van der Waals surface area contributed by atoms with Gasteiger partial charge in [-0.2, -0.15) is 0 Å². The Morgan fingerprint density at radius 1 is 1.50 bits per heavy atom. The molecule has 1 atom stereocenters. The summed E-state index contributed by atoms with van der Waals surface area (Å²) < 4.78 is 0. The van der Waals surface area contributed by atoms with Gasteiger partial charge >= 0.3 is 53.7 Å². The molecule has 0 aliphatic rings. The molecule has 0 saturated carbocycles. The third-order valence-electron chi connectivity index (χ3n) is 0. The minimum Gasteiger partial charge on any atom is -1.00 e. The standard InChI is InChI=1S/CH2O3.AsH3.Na.H/c2-1(3)4;;;/h(H2,2,3,4);1H3;;/q;;+1;-1. The van der Waals surface area contributed by atoms with Crippen LogP contribution >= 0.6 is 0 Å². The molecular formula is CH6AsNaO3. The second-order valence-electron chi connectivity index (χ2n) is 0.283. The average Bonchev–Trinajstić information content (AvgIpc) is 0.811. The molecular weight excluding hydrogens is 158 g/mol. The van der Waals surface area contributed by atoms with Crippen LogP contribution in [0.5, 0.6) is 0 Å². The van der Waals surface area contributed by atoms with E-state index >= 15 is 0 Å². The molecule has 1 unspecified atom stereocenters. The fourth-order valence-corrected chi connectivity index (χ4v) is 0. The van der Waals surface area contributed by atoms with Crippen molar-refractivity contribution in [2.45, 2.75) is 0 Å². The van der Waals surface area contributed by atoms with Crippen LogP contribution in [0.3, 0.4) is 0 Å². The number of rotatable bonds is 0. The van der Waals surface area contributed by atoms with E-state index in [2.05, 4.69) is 0 Å². The summed E-state index contributed by atoms with van der Waals surface area (Å²) in [5.41, 5.74) is 0. The molecule has 0 amide bonds. The molecule has 2 N–H and O–H groups in total. The molecule has 0 aromatic heterocycles. The predicted octanol–water partition coefficient (Wildman–Crippen LogP) is -3.85. The second kappa shape index (κ2) is 9.27. The van der Waals surface area contributed by atoms with E-state index in [1.165, 1.54) is 0 Å². The van der Waals surface area contributed by atoms with Crippen molar-refractivity contribution < 1.29 is 46.0 Å². The molecule has 0 spiro atoms. The van der Waals surface area contributed by atoms with E-state index in [-0.39, 0.29) is 48.9 Å². The minimum absolute atomic E-state index is 0. The van der Waals surface area contributed by atoms with Crippen molar-refractivity contribution in [1.82, 2.24) is 0 Å². The summed E-state index contributed by atoms with van der Waals surface area (Å²) in [7, 11) is 0. The fourth-order valence-electron chi connectivity index (χ4n) is 0. The second-order valence-corrected chi connectivity index (χ2v) is 0.283. The first-order valence-electron chi connectivity index (χ1n) is 0.651. The van der Waals surface area contributed by atoms with Gasteiger partial charge in [-0.15, -0.1) is 0 Å². The van der Waals surface area contributed by atoms with Gasteiger partial charge in [-0.25, -0.2) is 4.79 Å². The zero-order valence-corrected chi connectivity index (χ0v) is 8.48. The van der Waals surface area contributed by atoms with Crippen LogP contribution in [-0.4, -0.2) is 34.3 Å². The first-order chi connectivity index (χ1) is 1.73. The van der Waals surface area contributed by atoms with E-state index in [0.29, 0.717) is 0 Å². The Kier molecular flexibility index (Phi) is 24.5. The first kappa shape index (κ1) is 15.8. The Morgan fingerprint density at radius 3 is 1.50 bits per heavy atom. The summed E-state index contributed by atoms with van der Waals surface area (Å²) in [6.45, 7) is 0. The number of carboxylic acid groups (broad SMARTS) is 2. The van der Waals surface area contributed by atoms with E-state index in [0.717, 1.165) is 0 Å². The van der Waals surface area contributed by atoms with Crippen LogP contribution in [-0.2, 0) is 0 Å². The van der Waals surface area contributed by atoms with Gasteiger partial charge in [-0.05, 0) is 0 Å². The molecule has 0 fully saturated rings. The Hall–Kier alpha value is 0.828. The Morgan fingerprint density at radius 2 is 1.50 bits per heavy atom. The van der Waals surface area contributed by atoms with Crippen LogP contribution in [0.1, 0.15) is 1.43 Å². The van der Waals surface area contributed by atoms with E-state index in [1.54, 1.807) is 0 Å². The summed E-state index contributed by atoms with van der Waals surface area (Å²) in [5, 5.41) is 13.9. The first-order valence-corrected chi connectivity index (χ1v) is 0.651. The van der Waals surface area contributed by atoms with Crippen LogP contribution in [0.4, 0.5) is 4.79 Å². The van der Waals surface area contributed by atoms with E-state index in [4.69, 9.17) is 15.0 Å². The molecule has 0 bridgehead atoms. The number of hydrogen-bond donors (Lipinski definition) is 2. The third kappa shape index (κ3) is 103. The zero-order valence-electron chi connectivity index (χ0n) is 4.51. The maximum Gasteiger partial charge on any atom is 1.00 e. The predicted molar refractivity (Wildman–Crippen MR) is 21.7 cm³/mol. The maximum absolute atomic E-state index is 8.56. The summed E-state index contributed by atoms with van der Waals surface area (Å²) in [6, 6.07) is 0. The van der Waals surface area contributed by atoms with E-state index < -0.39 is 6.16 Å². The zero-order chi connectivity index (χ0) is 3.58. The van der Waals surface area contributed by atoms with Gasteiger partial charge in [0.1, 0.15) is 0 Å². The summed E-state index contributed by atoms with van der Waals surface area (Å²) in [5.74, 6) is 0. The van der Waals surface area contributed by atoms with Gasteiger partial charge in [-0.3, -0.25) is 0 Å². The Balaban J connectivity index is -0.0000000150. The van der Waals surface area contributed by atoms with Crippen molar-refractivity contribution in [3.63, 3.8) is 0 Å². The number of carbonyl (C=O) groups is 1. The quantitative estimate of drug-likeness (QED) is 0.360. The molecule has 0 aromatic carbocycles.